The lowest BCUT2D eigenvalue weighted by Gasteiger charge is -2.33. The maximum atomic E-state index is 11.9. The monoisotopic (exact) mass is 333 g/mol. The third-order valence-corrected chi connectivity index (χ3v) is 4.60. The molecule has 5 nitrogen and oxygen atoms in total. The van der Waals surface area contributed by atoms with Crippen LogP contribution in [0.3, 0.4) is 0 Å². The molecule has 2 N–H and O–H groups in total. The Bertz CT molecular complexity index is 507. The summed E-state index contributed by atoms with van der Waals surface area (Å²) in [4.78, 5) is 14.4. The first-order valence-electron chi connectivity index (χ1n) is 9.01. The van der Waals surface area contributed by atoms with Gasteiger partial charge in [0.05, 0.1) is 6.61 Å². The number of urea groups is 1. The summed E-state index contributed by atoms with van der Waals surface area (Å²) in [6.45, 7) is 6.42. The van der Waals surface area contributed by atoms with E-state index in [0.29, 0.717) is 19.2 Å². The molecule has 1 saturated heterocycles. The van der Waals surface area contributed by atoms with Crippen LogP contribution in [0.2, 0.25) is 0 Å². The van der Waals surface area contributed by atoms with Crippen molar-refractivity contribution in [3.63, 3.8) is 0 Å². The first kappa shape index (κ1) is 18.7. The van der Waals surface area contributed by atoms with Crippen molar-refractivity contribution in [2.45, 2.75) is 51.8 Å². The van der Waals surface area contributed by atoms with E-state index in [1.807, 2.05) is 18.2 Å². The van der Waals surface area contributed by atoms with E-state index >= 15 is 0 Å². The van der Waals surface area contributed by atoms with Gasteiger partial charge in [-0.3, -0.25) is 0 Å². The average molecular weight is 333 g/mol. The van der Waals surface area contributed by atoms with E-state index in [-0.39, 0.29) is 6.03 Å². The zero-order valence-corrected chi connectivity index (χ0v) is 15.0. The average Bonchev–Trinajstić information content (AvgIpc) is 2.59. The molecule has 0 aliphatic carbocycles. The maximum Gasteiger partial charge on any atom is 0.315 e. The topological polar surface area (TPSA) is 53.6 Å². The van der Waals surface area contributed by atoms with Gasteiger partial charge in [0, 0.05) is 32.8 Å². The summed E-state index contributed by atoms with van der Waals surface area (Å²) < 4.78 is 5.13. The van der Waals surface area contributed by atoms with Crippen LogP contribution in [0.5, 0.6) is 0 Å². The number of likely N-dealkylation sites (tertiary alicyclic amines) is 1. The number of hydrogen-bond acceptors (Lipinski definition) is 3. The second kappa shape index (κ2) is 10.3. The third-order valence-electron chi connectivity index (χ3n) is 4.60. The number of amides is 2. The molecule has 1 unspecified atom stereocenters. The van der Waals surface area contributed by atoms with Gasteiger partial charge in [-0.15, -0.1) is 0 Å². The Morgan fingerprint density at radius 2 is 2.12 bits per heavy atom. The fourth-order valence-corrected chi connectivity index (χ4v) is 3.21. The standard InChI is InChI=1S/C19H31N3O2/c1-16-7-3-4-11-22(16)12-6-10-20-19(23)21-14-17-8-5-9-18(13-17)15-24-2/h5,8-9,13,16H,3-4,6-7,10-12,14-15H2,1-2H3,(H2,20,21,23). The zero-order chi connectivity index (χ0) is 17.2. The van der Waals surface area contributed by atoms with E-state index in [2.05, 4.69) is 28.5 Å². The lowest BCUT2D eigenvalue weighted by Crippen LogP contribution is -2.40. The Labute approximate surface area is 145 Å². The van der Waals surface area contributed by atoms with E-state index in [1.54, 1.807) is 7.11 Å². The third kappa shape index (κ3) is 6.49. The van der Waals surface area contributed by atoms with Gasteiger partial charge in [-0.25, -0.2) is 4.79 Å². The molecule has 0 saturated carbocycles. The summed E-state index contributed by atoms with van der Waals surface area (Å²) in [7, 11) is 1.68. The molecule has 134 valence electrons. The highest BCUT2D eigenvalue weighted by molar-refractivity contribution is 5.73. The van der Waals surface area contributed by atoms with Crippen molar-refractivity contribution in [3.05, 3.63) is 35.4 Å². The molecule has 5 heteroatoms. The van der Waals surface area contributed by atoms with E-state index in [0.717, 1.165) is 30.6 Å². The number of carbonyl (C=O) groups excluding carboxylic acids is 1. The molecule has 0 spiro atoms. The molecule has 1 aliphatic heterocycles. The van der Waals surface area contributed by atoms with Crippen molar-refractivity contribution in [2.75, 3.05) is 26.7 Å². The number of nitrogens with zero attached hydrogens (tertiary/aromatic N) is 1. The van der Waals surface area contributed by atoms with Gasteiger partial charge < -0.3 is 20.3 Å². The van der Waals surface area contributed by atoms with Gasteiger partial charge >= 0.3 is 6.03 Å². The second-order valence-electron chi connectivity index (χ2n) is 6.60. The largest absolute Gasteiger partial charge is 0.380 e. The summed E-state index contributed by atoms with van der Waals surface area (Å²) in [5.41, 5.74) is 2.20. The molecule has 1 aliphatic rings. The fourth-order valence-electron chi connectivity index (χ4n) is 3.21. The minimum atomic E-state index is -0.0983. The minimum Gasteiger partial charge on any atom is -0.380 e. The molecule has 0 aromatic heterocycles. The van der Waals surface area contributed by atoms with Crippen LogP contribution in [0.25, 0.3) is 0 Å². The number of piperidine rings is 1. The van der Waals surface area contributed by atoms with E-state index < -0.39 is 0 Å². The number of benzene rings is 1. The van der Waals surface area contributed by atoms with Gasteiger partial charge in [-0.2, -0.15) is 0 Å². The molecule has 0 radical (unpaired) electrons. The van der Waals surface area contributed by atoms with Crippen molar-refractivity contribution in [3.8, 4) is 0 Å². The van der Waals surface area contributed by atoms with Crippen LogP contribution in [0.15, 0.2) is 24.3 Å². The first-order valence-corrected chi connectivity index (χ1v) is 9.01. The van der Waals surface area contributed by atoms with E-state index in [1.165, 1.54) is 25.8 Å². The van der Waals surface area contributed by atoms with Gasteiger partial charge in [0.15, 0.2) is 0 Å². The molecule has 1 aromatic rings. The van der Waals surface area contributed by atoms with Crippen molar-refractivity contribution < 1.29 is 9.53 Å². The number of methoxy groups -OCH3 is 1. The smallest absolute Gasteiger partial charge is 0.315 e. The SMILES string of the molecule is COCc1cccc(CNC(=O)NCCCN2CCCCC2C)c1. The Morgan fingerprint density at radius 3 is 2.92 bits per heavy atom. The highest BCUT2D eigenvalue weighted by Gasteiger charge is 2.17. The Balaban J connectivity index is 1.60. The predicted octanol–water partition coefficient (Wildman–Crippen LogP) is 2.90. The molecule has 1 fully saturated rings. The summed E-state index contributed by atoms with van der Waals surface area (Å²) in [6.07, 6.45) is 4.96. The van der Waals surface area contributed by atoms with E-state index in [4.69, 9.17) is 4.74 Å². The van der Waals surface area contributed by atoms with Crippen LogP contribution in [-0.2, 0) is 17.9 Å². The fraction of sp³-hybridized carbons (Fsp3) is 0.632. The zero-order valence-electron chi connectivity index (χ0n) is 15.0. The molecule has 2 amide bonds. The van der Waals surface area contributed by atoms with Gasteiger partial charge in [0.1, 0.15) is 0 Å². The number of rotatable bonds is 8. The van der Waals surface area contributed by atoms with Gasteiger partial charge in [0.25, 0.3) is 0 Å². The molecule has 0 bridgehead atoms. The van der Waals surface area contributed by atoms with Gasteiger partial charge in [-0.05, 0) is 43.9 Å². The predicted molar refractivity (Wildman–Crippen MR) is 96.9 cm³/mol. The normalized spacial score (nSPS) is 18.3. The van der Waals surface area contributed by atoms with Crippen molar-refractivity contribution in [1.29, 1.82) is 0 Å². The number of carbonyl (C=O) groups is 1. The summed E-state index contributed by atoms with van der Waals surface area (Å²) in [5, 5.41) is 5.86. The quantitative estimate of drug-likeness (QED) is 0.719. The number of ether oxygens (including phenoxy) is 1. The van der Waals surface area contributed by atoms with Crippen LogP contribution in [0.1, 0.15) is 43.7 Å². The maximum absolute atomic E-state index is 11.9. The van der Waals surface area contributed by atoms with Gasteiger partial charge in [-0.1, -0.05) is 30.7 Å². The Hall–Kier alpha value is -1.59. The Kier molecular flexibility index (Phi) is 8.05. The Morgan fingerprint density at radius 1 is 1.29 bits per heavy atom. The molecule has 1 heterocycles. The van der Waals surface area contributed by atoms with E-state index in [9.17, 15) is 4.79 Å². The van der Waals surface area contributed by atoms with Crippen LogP contribution < -0.4 is 10.6 Å². The first-order chi connectivity index (χ1) is 11.7. The van der Waals surface area contributed by atoms with Crippen LogP contribution in [0.4, 0.5) is 4.79 Å². The molecule has 2 rings (SSSR count). The second-order valence-corrected chi connectivity index (χ2v) is 6.60. The summed E-state index contributed by atoms with van der Waals surface area (Å²) in [6, 6.07) is 8.67. The lowest BCUT2D eigenvalue weighted by atomic mass is 10.0. The highest BCUT2D eigenvalue weighted by Crippen LogP contribution is 2.16. The molecule has 24 heavy (non-hydrogen) atoms. The van der Waals surface area contributed by atoms with Crippen molar-refractivity contribution in [2.24, 2.45) is 0 Å². The van der Waals surface area contributed by atoms with Crippen molar-refractivity contribution >= 4 is 6.03 Å². The van der Waals surface area contributed by atoms with Crippen LogP contribution in [-0.4, -0.2) is 43.7 Å². The molecular weight excluding hydrogens is 302 g/mol. The van der Waals surface area contributed by atoms with Crippen LogP contribution >= 0.6 is 0 Å². The molecule has 1 aromatic carbocycles. The summed E-state index contributed by atoms with van der Waals surface area (Å²) in [5.74, 6) is 0. The van der Waals surface area contributed by atoms with Crippen molar-refractivity contribution in [1.82, 2.24) is 15.5 Å². The van der Waals surface area contributed by atoms with Gasteiger partial charge in [0.2, 0.25) is 0 Å². The number of hydrogen-bond donors (Lipinski definition) is 2. The lowest BCUT2D eigenvalue weighted by molar-refractivity contribution is 0.159. The number of nitrogens with one attached hydrogen (secondary N) is 2. The summed E-state index contributed by atoms with van der Waals surface area (Å²) >= 11 is 0. The molecule has 1 atom stereocenters. The highest BCUT2D eigenvalue weighted by atomic mass is 16.5. The van der Waals surface area contributed by atoms with Crippen LogP contribution in [0, 0.1) is 0 Å². The molecular formula is C19H31N3O2. The minimum absolute atomic E-state index is 0.0983.